The molecular weight excluding hydrogens is 118 g/mol. The lowest BCUT2D eigenvalue weighted by atomic mass is 9.71. The summed E-state index contributed by atoms with van der Waals surface area (Å²) in [5.74, 6) is 4.45. The van der Waals surface area contributed by atoms with Gasteiger partial charge < -0.3 is 4.84 Å². The molecule has 3 heteroatoms. The smallest absolute Gasteiger partial charge is 0.330 e. The summed E-state index contributed by atoms with van der Waals surface area (Å²) in [6.07, 6.45) is 2.96. The van der Waals surface area contributed by atoms with Crippen LogP contribution in [0.4, 0.5) is 0 Å². The molecule has 1 fully saturated rings. The Balaban J connectivity index is 2.49. The molecule has 9 heavy (non-hydrogen) atoms. The Labute approximate surface area is 54.1 Å². The van der Waals surface area contributed by atoms with E-state index in [-0.39, 0.29) is 11.4 Å². The van der Waals surface area contributed by atoms with Gasteiger partial charge in [-0.1, -0.05) is 6.42 Å². The van der Waals surface area contributed by atoms with Gasteiger partial charge in [-0.3, -0.25) is 0 Å². The quantitative estimate of drug-likeness (QED) is 0.527. The molecule has 0 amide bonds. The summed E-state index contributed by atoms with van der Waals surface area (Å²) in [5, 5.41) is 0. The van der Waals surface area contributed by atoms with E-state index in [4.69, 9.17) is 5.90 Å². The maximum Gasteiger partial charge on any atom is 0.330 e. The maximum absolute atomic E-state index is 10.8. The lowest BCUT2D eigenvalue weighted by Gasteiger charge is -2.34. The first kappa shape index (κ1) is 6.55. The van der Waals surface area contributed by atoms with Crippen LogP contribution in [-0.4, -0.2) is 5.97 Å². The van der Waals surface area contributed by atoms with E-state index in [2.05, 4.69) is 4.84 Å². The summed E-state index contributed by atoms with van der Waals surface area (Å²) in [4.78, 5) is 14.9. The van der Waals surface area contributed by atoms with Gasteiger partial charge in [-0.05, 0) is 19.8 Å². The monoisotopic (exact) mass is 129 g/mol. The van der Waals surface area contributed by atoms with Crippen LogP contribution in [0.3, 0.4) is 0 Å². The van der Waals surface area contributed by atoms with Crippen molar-refractivity contribution in [3.05, 3.63) is 0 Å². The van der Waals surface area contributed by atoms with Crippen LogP contribution in [0.15, 0.2) is 0 Å². The lowest BCUT2D eigenvalue weighted by molar-refractivity contribution is -0.160. The molecule has 0 heterocycles. The summed E-state index contributed by atoms with van der Waals surface area (Å²) in [6.45, 7) is 1.88. The van der Waals surface area contributed by atoms with Crippen LogP contribution in [0, 0.1) is 5.41 Å². The maximum atomic E-state index is 10.8. The van der Waals surface area contributed by atoms with Crippen molar-refractivity contribution >= 4 is 5.97 Å². The van der Waals surface area contributed by atoms with Crippen LogP contribution in [0.25, 0.3) is 0 Å². The number of carbonyl (C=O) groups excluding carboxylic acids is 1. The van der Waals surface area contributed by atoms with Gasteiger partial charge in [0.1, 0.15) is 0 Å². The van der Waals surface area contributed by atoms with Gasteiger partial charge in [-0.15, -0.1) is 0 Å². The van der Waals surface area contributed by atoms with E-state index in [1.807, 2.05) is 6.92 Å². The van der Waals surface area contributed by atoms with Crippen LogP contribution in [0.5, 0.6) is 0 Å². The van der Waals surface area contributed by atoms with Crippen molar-refractivity contribution in [1.82, 2.24) is 0 Å². The van der Waals surface area contributed by atoms with Crippen molar-refractivity contribution in [1.29, 1.82) is 0 Å². The summed E-state index contributed by atoms with van der Waals surface area (Å²) in [7, 11) is 0. The molecule has 0 aromatic rings. The van der Waals surface area contributed by atoms with E-state index >= 15 is 0 Å². The van der Waals surface area contributed by atoms with Crippen molar-refractivity contribution in [2.75, 3.05) is 0 Å². The van der Waals surface area contributed by atoms with Crippen molar-refractivity contribution in [3.63, 3.8) is 0 Å². The fourth-order valence-electron chi connectivity index (χ4n) is 1.05. The average molecular weight is 129 g/mol. The molecule has 1 saturated carbocycles. The number of hydrogen-bond donors (Lipinski definition) is 1. The molecule has 1 aliphatic carbocycles. The molecule has 0 bridgehead atoms. The highest BCUT2D eigenvalue weighted by Gasteiger charge is 2.40. The van der Waals surface area contributed by atoms with Gasteiger partial charge in [-0.2, -0.15) is 5.90 Å². The molecule has 52 valence electrons. The third kappa shape index (κ3) is 0.920. The summed E-state index contributed by atoms with van der Waals surface area (Å²) < 4.78 is 0. The third-order valence-electron chi connectivity index (χ3n) is 2.06. The van der Waals surface area contributed by atoms with Crippen LogP contribution < -0.4 is 5.90 Å². The van der Waals surface area contributed by atoms with E-state index < -0.39 is 0 Å². The van der Waals surface area contributed by atoms with Crippen molar-refractivity contribution in [2.45, 2.75) is 26.2 Å². The van der Waals surface area contributed by atoms with Gasteiger partial charge in [0.15, 0.2) is 0 Å². The first-order valence-corrected chi connectivity index (χ1v) is 3.10. The van der Waals surface area contributed by atoms with Gasteiger partial charge in [0, 0.05) is 0 Å². The molecule has 0 aliphatic heterocycles. The second-order valence-corrected chi connectivity index (χ2v) is 2.82. The van der Waals surface area contributed by atoms with E-state index in [0.717, 1.165) is 19.3 Å². The Bertz CT molecular complexity index is 129. The predicted octanol–water partition coefficient (Wildman–Crippen LogP) is 0.594. The fraction of sp³-hybridized carbons (Fsp3) is 0.833. The van der Waals surface area contributed by atoms with E-state index in [1.54, 1.807) is 0 Å². The van der Waals surface area contributed by atoms with Crippen LogP contribution in [0.2, 0.25) is 0 Å². The Kier molecular flexibility index (Phi) is 1.45. The second kappa shape index (κ2) is 1.99. The molecule has 0 saturated heterocycles. The summed E-state index contributed by atoms with van der Waals surface area (Å²) >= 11 is 0. The number of nitrogens with two attached hydrogens (primary N) is 1. The Morgan fingerprint density at radius 1 is 1.67 bits per heavy atom. The third-order valence-corrected chi connectivity index (χ3v) is 2.06. The van der Waals surface area contributed by atoms with E-state index in [1.165, 1.54) is 0 Å². The molecular formula is C6H11NO2. The largest absolute Gasteiger partial charge is 0.373 e. The normalized spacial score (nSPS) is 22.4. The van der Waals surface area contributed by atoms with Crippen LogP contribution >= 0.6 is 0 Å². The predicted molar refractivity (Wildman–Crippen MR) is 32.2 cm³/mol. The SMILES string of the molecule is CC1(C(=O)ON)CCC1. The Morgan fingerprint density at radius 2 is 2.22 bits per heavy atom. The topological polar surface area (TPSA) is 52.3 Å². The van der Waals surface area contributed by atoms with E-state index in [9.17, 15) is 4.79 Å². The fourth-order valence-corrected chi connectivity index (χ4v) is 1.05. The van der Waals surface area contributed by atoms with Crippen molar-refractivity contribution < 1.29 is 9.63 Å². The number of rotatable bonds is 1. The second-order valence-electron chi connectivity index (χ2n) is 2.82. The highest BCUT2D eigenvalue weighted by molar-refractivity contribution is 5.76. The minimum Gasteiger partial charge on any atom is -0.373 e. The molecule has 0 aromatic heterocycles. The standard InChI is InChI=1S/C6H11NO2/c1-6(3-2-4-6)5(8)9-7/h2-4,7H2,1H3. The van der Waals surface area contributed by atoms with Crippen molar-refractivity contribution in [3.8, 4) is 0 Å². The zero-order chi connectivity index (χ0) is 6.91. The zero-order valence-electron chi connectivity index (χ0n) is 5.52. The Hall–Kier alpha value is -0.570. The van der Waals surface area contributed by atoms with Crippen LogP contribution in [0.1, 0.15) is 26.2 Å². The summed E-state index contributed by atoms with van der Waals surface area (Å²) in [5.41, 5.74) is -0.255. The first-order chi connectivity index (χ1) is 4.19. The minimum atomic E-state index is -0.270. The molecule has 0 spiro atoms. The summed E-state index contributed by atoms with van der Waals surface area (Å²) in [6, 6.07) is 0. The minimum absolute atomic E-state index is 0.255. The molecule has 1 aliphatic rings. The molecule has 3 nitrogen and oxygen atoms in total. The first-order valence-electron chi connectivity index (χ1n) is 3.10. The van der Waals surface area contributed by atoms with Gasteiger partial charge in [0.2, 0.25) is 0 Å². The van der Waals surface area contributed by atoms with Crippen LogP contribution in [-0.2, 0) is 9.63 Å². The molecule has 0 atom stereocenters. The highest BCUT2D eigenvalue weighted by Crippen LogP contribution is 2.40. The number of carbonyl (C=O) groups is 1. The van der Waals surface area contributed by atoms with Gasteiger partial charge in [0.25, 0.3) is 0 Å². The van der Waals surface area contributed by atoms with Gasteiger partial charge in [-0.25, -0.2) is 4.79 Å². The Morgan fingerprint density at radius 3 is 2.33 bits per heavy atom. The van der Waals surface area contributed by atoms with E-state index in [0.29, 0.717) is 0 Å². The van der Waals surface area contributed by atoms with Crippen molar-refractivity contribution in [2.24, 2.45) is 11.3 Å². The highest BCUT2D eigenvalue weighted by atomic mass is 16.7. The van der Waals surface area contributed by atoms with Gasteiger partial charge in [0.05, 0.1) is 5.41 Å². The molecule has 1 rings (SSSR count). The van der Waals surface area contributed by atoms with Gasteiger partial charge >= 0.3 is 5.97 Å². The molecule has 2 N–H and O–H groups in total. The molecule has 0 unspecified atom stereocenters. The molecule has 0 aromatic carbocycles. The number of hydrogen-bond acceptors (Lipinski definition) is 3. The lowest BCUT2D eigenvalue weighted by Crippen LogP contribution is -2.37. The zero-order valence-corrected chi connectivity index (χ0v) is 5.52. The molecule has 0 radical (unpaired) electrons. The average Bonchev–Trinajstić information content (AvgIpc) is 1.81.